The van der Waals surface area contributed by atoms with Crippen LogP contribution in [-0.4, -0.2) is 17.7 Å². The standard InChI is InChI=1S/C15H21N3O/c1-3-14(19-4-2)15(18-16)12-7-5-9-13-11(12)8-6-10-17-13/h5-10,14-15,18H,3-4,16H2,1-2H3. The molecule has 2 aromatic rings. The summed E-state index contributed by atoms with van der Waals surface area (Å²) in [5.41, 5.74) is 5.00. The summed E-state index contributed by atoms with van der Waals surface area (Å²) in [4.78, 5) is 4.38. The van der Waals surface area contributed by atoms with E-state index in [2.05, 4.69) is 29.5 Å². The highest BCUT2D eigenvalue weighted by Gasteiger charge is 2.22. The van der Waals surface area contributed by atoms with Crippen molar-refractivity contribution >= 4 is 10.9 Å². The number of hydrogen-bond donors (Lipinski definition) is 2. The SMILES string of the molecule is CCOC(CC)C(NN)c1cccc2ncccc12. The molecule has 0 aliphatic rings. The number of fused-ring (bicyclic) bond motifs is 1. The van der Waals surface area contributed by atoms with Crippen LogP contribution < -0.4 is 11.3 Å². The average Bonchev–Trinajstić information content (AvgIpc) is 2.47. The normalized spacial score (nSPS) is 14.5. The number of nitrogens with one attached hydrogen (secondary N) is 1. The molecule has 3 N–H and O–H groups in total. The van der Waals surface area contributed by atoms with Crippen LogP contribution in [0, 0.1) is 0 Å². The first-order valence-corrected chi connectivity index (χ1v) is 6.73. The zero-order chi connectivity index (χ0) is 13.7. The van der Waals surface area contributed by atoms with E-state index in [1.807, 2.05) is 25.1 Å². The zero-order valence-corrected chi connectivity index (χ0v) is 11.5. The van der Waals surface area contributed by atoms with Gasteiger partial charge in [0.1, 0.15) is 0 Å². The molecular formula is C15H21N3O. The Morgan fingerprint density at radius 1 is 1.26 bits per heavy atom. The van der Waals surface area contributed by atoms with Crippen molar-refractivity contribution in [3.63, 3.8) is 0 Å². The quantitative estimate of drug-likeness (QED) is 0.618. The summed E-state index contributed by atoms with van der Waals surface area (Å²) in [7, 11) is 0. The third kappa shape index (κ3) is 2.92. The molecule has 0 fully saturated rings. The van der Waals surface area contributed by atoms with E-state index in [1.54, 1.807) is 6.20 Å². The predicted octanol–water partition coefficient (Wildman–Crippen LogP) is 2.55. The number of nitrogens with two attached hydrogens (primary N) is 1. The summed E-state index contributed by atoms with van der Waals surface area (Å²) in [6.45, 7) is 4.79. The van der Waals surface area contributed by atoms with E-state index in [9.17, 15) is 0 Å². The molecule has 0 aliphatic heterocycles. The predicted molar refractivity (Wildman–Crippen MR) is 77.5 cm³/mol. The van der Waals surface area contributed by atoms with Crippen molar-refractivity contribution in [1.29, 1.82) is 0 Å². The van der Waals surface area contributed by atoms with E-state index >= 15 is 0 Å². The molecular weight excluding hydrogens is 238 g/mol. The van der Waals surface area contributed by atoms with Crippen molar-refractivity contribution in [2.24, 2.45) is 5.84 Å². The summed E-state index contributed by atoms with van der Waals surface area (Å²) in [6.07, 6.45) is 2.76. The number of aromatic nitrogens is 1. The second kappa shape index (κ2) is 6.61. The minimum absolute atomic E-state index is 0.0298. The van der Waals surface area contributed by atoms with Crippen LogP contribution in [-0.2, 0) is 4.74 Å². The fourth-order valence-corrected chi connectivity index (χ4v) is 2.46. The van der Waals surface area contributed by atoms with Gasteiger partial charge in [-0.15, -0.1) is 0 Å². The van der Waals surface area contributed by atoms with Gasteiger partial charge in [0.15, 0.2) is 0 Å². The van der Waals surface area contributed by atoms with Gasteiger partial charge >= 0.3 is 0 Å². The molecule has 0 radical (unpaired) electrons. The Morgan fingerprint density at radius 2 is 2.11 bits per heavy atom. The molecule has 19 heavy (non-hydrogen) atoms. The molecule has 0 amide bonds. The number of hydrazine groups is 1. The van der Waals surface area contributed by atoms with Gasteiger partial charge in [0, 0.05) is 18.2 Å². The first kappa shape index (κ1) is 13.9. The Balaban J connectivity index is 2.45. The summed E-state index contributed by atoms with van der Waals surface area (Å²) < 4.78 is 5.78. The summed E-state index contributed by atoms with van der Waals surface area (Å²) in [5, 5.41) is 1.12. The van der Waals surface area contributed by atoms with Crippen LogP contribution in [0.25, 0.3) is 10.9 Å². The monoisotopic (exact) mass is 259 g/mol. The van der Waals surface area contributed by atoms with Gasteiger partial charge in [0.05, 0.1) is 17.7 Å². The van der Waals surface area contributed by atoms with Gasteiger partial charge in [-0.05, 0) is 31.0 Å². The third-order valence-corrected chi connectivity index (χ3v) is 3.35. The molecule has 0 bridgehead atoms. The molecule has 1 aromatic carbocycles. The lowest BCUT2D eigenvalue weighted by Gasteiger charge is -2.26. The van der Waals surface area contributed by atoms with Gasteiger partial charge in [0.25, 0.3) is 0 Å². The van der Waals surface area contributed by atoms with Crippen molar-refractivity contribution in [2.45, 2.75) is 32.4 Å². The number of benzene rings is 1. The maximum absolute atomic E-state index is 5.78. The highest BCUT2D eigenvalue weighted by molar-refractivity contribution is 5.82. The number of rotatable bonds is 6. The van der Waals surface area contributed by atoms with Crippen molar-refractivity contribution in [2.75, 3.05) is 6.61 Å². The van der Waals surface area contributed by atoms with E-state index < -0.39 is 0 Å². The highest BCUT2D eigenvalue weighted by atomic mass is 16.5. The van der Waals surface area contributed by atoms with Crippen LogP contribution in [0.3, 0.4) is 0 Å². The molecule has 2 atom stereocenters. The summed E-state index contributed by atoms with van der Waals surface area (Å²) in [5.74, 6) is 5.75. The minimum Gasteiger partial charge on any atom is -0.376 e. The molecule has 2 unspecified atom stereocenters. The summed E-state index contributed by atoms with van der Waals surface area (Å²) in [6, 6.07) is 10.1. The maximum Gasteiger partial charge on any atom is 0.0780 e. The Morgan fingerprint density at radius 3 is 2.79 bits per heavy atom. The van der Waals surface area contributed by atoms with Crippen LogP contribution in [0.15, 0.2) is 36.5 Å². The molecule has 2 rings (SSSR count). The van der Waals surface area contributed by atoms with Crippen LogP contribution >= 0.6 is 0 Å². The molecule has 0 aliphatic carbocycles. The van der Waals surface area contributed by atoms with E-state index in [-0.39, 0.29) is 12.1 Å². The van der Waals surface area contributed by atoms with Gasteiger partial charge in [-0.2, -0.15) is 0 Å². The lowest BCUT2D eigenvalue weighted by atomic mass is 9.96. The van der Waals surface area contributed by atoms with Gasteiger partial charge in [0.2, 0.25) is 0 Å². The fraction of sp³-hybridized carbons (Fsp3) is 0.400. The molecule has 0 saturated carbocycles. The Kier molecular flexibility index (Phi) is 4.85. The second-order valence-electron chi connectivity index (χ2n) is 4.46. The number of ether oxygens (including phenoxy) is 1. The molecule has 1 heterocycles. The van der Waals surface area contributed by atoms with E-state index in [1.165, 1.54) is 0 Å². The van der Waals surface area contributed by atoms with Crippen molar-refractivity contribution < 1.29 is 4.74 Å². The Bertz CT molecular complexity index is 524. The molecule has 1 aromatic heterocycles. The van der Waals surface area contributed by atoms with Crippen LogP contribution in [0.5, 0.6) is 0 Å². The molecule has 0 spiro atoms. The molecule has 4 nitrogen and oxygen atoms in total. The van der Waals surface area contributed by atoms with E-state index in [0.29, 0.717) is 6.61 Å². The molecule has 0 saturated heterocycles. The number of pyridine rings is 1. The lowest BCUT2D eigenvalue weighted by Crippen LogP contribution is -2.38. The number of hydrogen-bond acceptors (Lipinski definition) is 4. The van der Waals surface area contributed by atoms with Gasteiger partial charge in [-0.1, -0.05) is 25.1 Å². The van der Waals surface area contributed by atoms with Gasteiger partial charge in [-0.3, -0.25) is 16.3 Å². The molecule has 102 valence electrons. The van der Waals surface area contributed by atoms with Gasteiger partial charge < -0.3 is 4.74 Å². The summed E-state index contributed by atoms with van der Waals surface area (Å²) >= 11 is 0. The van der Waals surface area contributed by atoms with Crippen molar-refractivity contribution in [1.82, 2.24) is 10.4 Å². The molecule has 4 heteroatoms. The fourth-order valence-electron chi connectivity index (χ4n) is 2.46. The van der Waals surface area contributed by atoms with Gasteiger partial charge in [-0.25, -0.2) is 0 Å². The van der Waals surface area contributed by atoms with Crippen LogP contribution in [0.4, 0.5) is 0 Å². The van der Waals surface area contributed by atoms with E-state index in [4.69, 9.17) is 10.6 Å². The largest absolute Gasteiger partial charge is 0.376 e. The first-order chi connectivity index (χ1) is 9.31. The Labute approximate surface area is 113 Å². The first-order valence-electron chi connectivity index (χ1n) is 6.73. The maximum atomic E-state index is 5.78. The van der Waals surface area contributed by atoms with Crippen LogP contribution in [0.2, 0.25) is 0 Å². The highest BCUT2D eigenvalue weighted by Crippen LogP contribution is 2.27. The Hall–Kier alpha value is -1.49. The minimum atomic E-state index is -0.0298. The second-order valence-corrected chi connectivity index (χ2v) is 4.46. The third-order valence-electron chi connectivity index (χ3n) is 3.35. The zero-order valence-electron chi connectivity index (χ0n) is 11.5. The number of nitrogens with zero attached hydrogens (tertiary/aromatic N) is 1. The van der Waals surface area contributed by atoms with Crippen LogP contribution in [0.1, 0.15) is 31.9 Å². The smallest absolute Gasteiger partial charge is 0.0780 e. The average molecular weight is 259 g/mol. The van der Waals surface area contributed by atoms with Crippen molar-refractivity contribution in [3.8, 4) is 0 Å². The lowest BCUT2D eigenvalue weighted by molar-refractivity contribution is 0.0317. The van der Waals surface area contributed by atoms with Crippen molar-refractivity contribution in [3.05, 3.63) is 42.1 Å². The van der Waals surface area contributed by atoms with E-state index in [0.717, 1.165) is 22.9 Å². The topological polar surface area (TPSA) is 60.2 Å².